The van der Waals surface area contributed by atoms with E-state index < -0.39 is 5.51 Å². The molecule has 0 saturated carbocycles. The van der Waals surface area contributed by atoms with E-state index in [9.17, 15) is 18.0 Å². The Labute approximate surface area is 106 Å². The van der Waals surface area contributed by atoms with Gasteiger partial charge in [-0.2, -0.15) is 13.2 Å². The van der Waals surface area contributed by atoms with Crippen molar-refractivity contribution in [3.05, 3.63) is 41.5 Å². The van der Waals surface area contributed by atoms with Crippen molar-refractivity contribution in [2.75, 3.05) is 6.54 Å². The summed E-state index contributed by atoms with van der Waals surface area (Å²) in [4.78, 5) is 11.7. The van der Waals surface area contributed by atoms with Crippen molar-refractivity contribution in [2.45, 2.75) is 16.8 Å². The van der Waals surface area contributed by atoms with Crippen LogP contribution in [0, 0.1) is 0 Å². The van der Waals surface area contributed by atoms with Gasteiger partial charge in [-0.15, -0.1) is 0 Å². The lowest BCUT2D eigenvalue weighted by Gasteiger charge is -2.06. The first-order valence-electron chi connectivity index (χ1n) is 5.26. The summed E-state index contributed by atoms with van der Waals surface area (Å²) >= 11 is -0.191. The van der Waals surface area contributed by atoms with Crippen LogP contribution in [0.5, 0.6) is 0 Å². The highest BCUT2D eigenvalue weighted by Crippen LogP contribution is 2.36. The minimum atomic E-state index is -4.30. The fourth-order valence-corrected chi connectivity index (χ4v) is 1.86. The summed E-state index contributed by atoms with van der Waals surface area (Å²) in [6.45, 7) is 0.512. The molecule has 2 nitrogen and oxygen atoms in total. The zero-order chi connectivity index (χ0) is 13.2. The van der Waals surface area contributed by atoms with Crippen molar-refractivity contribution in [1.29, 1.82) is 0 Å². The molecule has 1 aromatic rings. The molecule has 0 radical (unpaired) electrons. The van der Waals surface area contributed by atoms with E-state index in [-0.39, 0.29) is 22.6 Å². The molecule has 6 heteroatoms. The molecule has 0 atom stereocenters. The van der Waals surface area contributed by atoms with E-state index in [1.165, 1.54) is 29.8 Å². The summed E-state index contributed by atoms with van der Waals surface area (Å²) in [6.07, 6.45) is 2.94. The van der Waals surface area contributed by atoms with Gasteiger partial charge in [-0.25, -0.2) is 0 Å². The fourth-order valence-electron chi connectivity index (χ4n) is 1.32. The van der Waals surface area contributed by atoms with E-state index >= 15 is 0 Å². The molecule has 0 bridgehead atoms. The van der Waals surface area contributed by atoms with Crippen LogP contribution in [0.1, 0.15) is 16.8 Å². The van der Waals surface area contributed by atoms with Crippen LogP contribution in [0.15, 0.2) is 40.8 Å². The van der Waals surface area contributed by atoms with E-state index in [0.717, 1.165) is 6.42 Å². The number of nitrogens with one attached hydrogen (secondary N) is 1. The molecule has 0 aliphatic heterocycles. The average Bonchev–Trinajstić information content (AvgIpc) is 3.08. The van der Waals surface area contributed by atoms with Gasteiger partial charge in [-0.1, -0.05) is 11.6 Å². The van der Waals surface area contributed by atoms with Gasteiger partial charge >= 0.3 is 5.51 Å². The highest BCUT2D eigenvalue weighted by molar-refractivity contribution is 8.00. The standard InChI is InChI=1S/C12H10F3NOS/c13-12(14,15)18-10-5-3-9(4-6-10)11(17)16-7-8-1-2-8/h1,3-6H,2,7H2,(H,16,17). The third-order valence-corrected chi connectivity index (χ3v) is 3.06. The molecule has 1 N–H and O–H groups in total. The summed E-state index contributed by atoms with van der Waals surface area (Å²) in [6, 6.07) is 5.38. The van der Waals surface area contributed by atoms with Crippen molar-refractivity contribution in [2.24, 2.45) is 0 Å². The van der Waals surface area contributed by atoms with Crippen LogP contribution in [-0.4, -0.2) is 18.0 Å². The molecule has 1 aliphatic rings. The topological polar surface area (TPSA) is 29.1 Å². The van der Waals surface area contributed by atoms with E-state index in [0.29, 0.717) is 12.1 Å². The number of rotatable bonds is 4. The largest absolute Gasteiger partial charge is 0.446 e. The SMILES string of the molecule is O=C(NCC1=CC1)c1ccc(SC(F)(F)F)cc1. The summed E-state index contributed by atoms with van der Waals surface area (Å²) in [5.41, 5.74) is -2.77. The first kappa shape index (κ1) is 13.0. The molecule has 96 valence electrons. The number of benzene rings is 1. The Kier molecular flexibility index (Phi) is 3.65. The third-order valence-electron chi connectivity index (χ3n) is 2.32. The van der Waals surface area contributed by atoms with Crippen molar-refractivity contribution in [3.63, 3.8) is 0 Å². The Hall–Kier alpha value is -1.43. The van der Waals surface area contributed by atoms with Gasteiger partial charge in [-0.05, 0) is 42.4 Å². The highest BCUT2D eigenvalue weighted by atomic mass is 32.2. The van der Waals surface area contributed by atoms with Gasteiger partial charge in [0.1, 0.15) is 0 Å². The summed E-state index contributed by atoms with van der Waals surface area (Å²) in [5.74, 6) is -0.272. The number of allylic oxidation sites excluding steroid dienone is 1. The Bertz CT molecular complexity index is 479. The van der Waals surface area contributed by atoms with Crippen molar-refractivity contribution >= 4 is 17.7 Å². The second-order valence-corrected chi connectivity index (χ2v) is 4.96. The number of thioether (sulfide) groups is 1. The quantitative estimate of drug-likeness (QED) is 0.673. The van der Waals surface area contributed by atoms with E-state index in [1.807, 2.05) is 6.08 Å². The van der Waals surface area contributed by atoms with Gasteiger partial charge < -0.3 is 5.32 Å². The van der Waals surface area contributed by atoms with Gasteiger partial charge in [-0.3, -0.25) is 4.79 Å². The predicted molar refractivity (Wildman–Crippen MR) is 63.4 cm³/mol. The molecule has 2 rings (SSSR count). The number of carbonyl (C=O) groups excluding carboxylic acids is 1. The van der Waals surface area contributed by atoms with Crippen LogP contribution in [-0.2, 0) is 0 Å². The molecule has 0 fully saturated rings. The van der Waals surface area contributed by atoms with Gasteiger partial charge in [0.25, 0.3) is 5.91 Å². The van der Waals surface area contributed by atoms with E-state index in [2.05, 4.69) is 5.32 Å². The van der Waals surface area contributed by atoms with Crippen molar-refractivity contribution < 1.29 is 18.0 Å². The van der Waals surface area contributed by atoms with Crippen LogP contribution in [0.4, 0.5) is 13.2 Å². The van der Waals surface area contributed by atoms with E-state index in [4.69, 9.17) is 0 Å². The molecule has 0 spiro atoms. The number of hydrogen-bond acceptors (Lipinski definition) is 2. The molecule has 0 saturated heterocycles. The molecule has 1 aromatic carbocycles. The molecule has 1 amide bonds. The van der Waals surface area contributed by atoms with Crippen molar-refractivity contribution in [1.82, 2.24) is 5.32 Å². The van der Waals surface area contributed by atoms with Crippen LogP contribution in [0.3, 0.4) is 0 Å². The number of alkyl halides is 3. The minimum Gasteiger partial charge on any atom is -0.348 e. The molecule has 0 heterocycles. The summed E-state index contributed by atoms with van der Waals surface area (Å²) in [5, 5.41) is 2.69. The van der Waals surface area contributed by atoms with Gasteiger partial charge in [0.15, 0.2) is 0 Å². The lowest BCUT2D eigenvalue weighted by atomic mass is 10.2. The zero-order valence-electron chi connectivity index (χ0n) is 9.25. The maximum absolute atomic E-state index is 12.1. The van der Waals surface area contributed by atoms with Crippen LogP contribution < -0.4 is 5.32 Å². The zero-order valence-corrected chi connectivity index (χ0v) is 10.1. The Balaban J connectivity index is 1.93. The van der Waals surface area contributed by atoms with E-state index in [1.54, 1.807) is 0 Å². The molecular formula is C12H10F3NOS. The second kappa shape index (κ2) is 5.06. The number of amides is 1. The lowest BCUT2D eigenvalue weighted by Crippen LogP contribution is -2.23. The summed E-state index contributed by atoms with van der Waals surface area (Å²) < 4.78 is 36.3. The maximum Gasteiger partial charge on any atom is 0.446 e. The van der Waals surface area contributed by atoms with Crippen molar-refractivity contribution in [3.8, 4) is 0 Å². The molecule has 0 aromatic heterocycles. The molecule has 18 heavy (non-hydrogen) atoms. The van der Waals surface area contributed by atoms with Gasteiger partial charge in [0.05, 0.1) is 0 Å². The Morgan fingerprint density at radius 1 is 1.28 bits per heavy atom. The highest BCUT2D eigenvalue weighted by Gasteiger charge is 2.29. The second-order valence-electron chi connectivity index (χ2n) is 3.82. The molecule has 0 unspecified atom stereocenters. The predicted octanol–water partition coefficient (Wildman–Crippen LogP) is 3.36. The monoisotopic (exact) mass is 273 g/mol. The lowest BCUT2D eigenvalue weighted by molar-refractivity contribution is -0.0328. The smallest absolute Gasteiger partial charge is 0.348 e. The molecule has 1 aliphatic carbocycles. The van der Waals surface area contributed by atoms with Gasteiger partial charge in [0, 0.05) is 17.0 Å². The van der Waals surface area contributed by atoms with Gasteiger partial charge in [0.2, 0.25) is 0 Å². The number of hydrogen-bond donors (Lipinski definition) is 1. The fraction of sp³-hybridized carbons (Fsp3) is 0.250. The minimum absolute atomic E-state index is 0.0731. The third kappa shape index (κ3) is 4.10. The molecular weight excluding hydrogens is 263 g/mol. The van der Waals surface area contributed by atoms with Crippen LogP contribution >= 0.6 is 11.8 Å². The van der Waals surface area contributed by atoms with Crippen LogP contribution in [0.25, 0.3) is 0 Å². The average molecular weight is 273 g/mol. The maximum atomic E-state index is 12.1. The van der Waals surface area contributed by atoms with Crippen LogP contribution in [0.2, 0.25) is 0 Å². The normalized spacial score (nSPS) is 14.1. The summed E-state index contributed by atoms with van der Waals surface area (Å²) in [7, 11) is 0. The first-order chi connectivity index (χ1) is 8.44. The number of halogens is 3. The Morgan fingerprint density at radius 3 is 2.39 bits per heavy atom. The first-order valence-corrected chi connectivity index (χ1v) is 6.07. The Morgan fingerprint density at radius 2 is 1.89 bits per heavy atom. The number of carbonyl (C=O) groups is 1.